The van der Waals surface area contributed by atoms with E-state index >= 15 is 0 Å². The van der Waals surface area contributed by atoms with Crippen LogP contribution < -0.4 is 15.5 Å². The molecule has 0 saturated heterocycles. The van der Waals surface area contributed by atoms with Crippen molar-refractivity contribution in [1.82, 2.24) is 0 Å². The van der Waals surface area contributed by atoms with E-state index in [1.54, 1.807) is 25.3 Å². The van der Waals surface area contributed by atoms with Gasteiger partial charge in [-0.2, -0.15) is 0 Å². The van der Waals surface area contributed by atoms with Gasteiger partial charge in [0.15, 0.2) is 5.43 Å². The Hall–Kier alpha value is -3.53. The molecule has 26 heavy (non-hydrogen) atoms. The first kappa shape index (κ1) is 16.0. The molecular formula is C22H17NO3. The van der Waals surface area contributed by atoms with Crippen LogP contribution in [0.3, 0.4) is 0 Å². The monoisotopic (exact) mass is 343 g/mol. The second kappa shape index (κ2) is 6.76. The minimum Gasteiger partial charge on any atom is -0.497 e. The lowest BCUT2D eigenvalue weighted by Crippen LogP contribution is -2.00. The maximum atomic E-state index is 12.4. The fourth-order valence-corrected chi connectivity index (χ4v) is 2.81. The number of anilines is 2. The molecular weight excluding hydrogens is 326 g/mol. The lowest BCUT2D eigenvalue weighted by Gasteiger charge is -2.08. The van der Waals surface area contributed by atoms with Gasteiger partial charge >= 0.3 is 0 Å². The number of methoxy groups -OCH3 is 1. The van der Waals surface area contributed by atoms with Gasteiger partial charge in [0.1, 0.15) is 17.1 Å². The quantitative estimate of drug-likeness (QED) is 0.552. The highest BCUT2D eigenvalue weighted by Gasteiger charge is 2.08. The normalized spacial score (nSPS) is 10.7. The van der Waals surface area contributed by atoms with E-state index in [-0.39, 0.29) is 5.43 Å². The Bertz CT molecular complexity index is 1100. The Balaban J connectivity index is 1.66. The SMILES string of the molecule is COc1ccc2oc(-c3ccc(Nc4ccccc4)cc3)cc(=O)c2c1. The first-order valence-electron chi connectivity index (χ1n) is 8.27. The highest BCUT2D eigenvalue weighted by molar-refractivity contribution is 5.80. The van der Waals surface area contributed by atoms with Crippen molar-refractivity contribution in [1.29, 1.82) is 0 Å². The standard InChI is InChI=1S/C22H17NO3/c1-25-18-11-12-21-19(13-18)20(24)14-22(26-21)15-7-9-17(10-8-15)23-16-5-3-2-4-6-16/h2-14,23H,1H3. The van der Waals surface area contributed by atoms with Crippen molar-refractivity contribution in [3.63, 3.8) is 0 Å². The van der Waals surface area contributed by atoms with E-state index in [0.717, 1.165) is 16.9 Å². The number of ether oxygens (including phenoxy) is 1. The molecule has 128 valence electrons. The molecule has 0 atom stereocenters. The second-order valence-electron chi connectivity index (χ2n) is 5.91. The molecule has 4 rings (SSSR count). The summed E-state index contributed by atoms with van der Waals surface area (Å²) in [6, 6.07) is 24.5. The molecule has 0 fully saturated rings. The molecule has 0 amide bonds. The first-order chi connectivity index (χ1) is 12.7. The molecule has 0 aliphatic rings. The van der Waals surface area contributed by atoms with Crippen molar-refractivity contribution in [2.24, 2.45) is 0 Å². The van der Waals surface area contributed by atoms with E-state index in [9.17, 15) is 4.79 Å². The van der Waals surface area contributed by atoms with Crippen LogP contribution in [0, 0.1) is 0 Å². The van der Waals surface area contributed by atoms with Gasteiger partial charge in [0.25, 0.3) is 0 Å². The van der Waals surface area contributed by atoms with E-state index in [1.165, 1.54) is 6.07 Å². The van der Waals surface area contributed by atoms with Gasteiger partial charge in [-0.15, -0.1) is 0 Å². The van der Waals surface area contributed by atoms with Crippen LogP contribution >= 0.6 is 0 Å². The fourth-order valence-electron chi connectivity index (χ4n) is 2.81. The topological polar surface area (TPSA) is 51.5 Å². The van der Waals surface area contributed by atoms with E-state index in [2.05, 4.69) is 5.32 Å². The number of hydrogen-bond donors (Lipinski definition) is 1. The van der Waals surface area contributed by atoms with Gasteiger partial charge in [-0.1, -0.05) is 18.2 Å². The second-order valence-corrected chi connectivity index (χ2v) is 5.91. The van der Waals surface area contributed by atoms with E-state index in [1.807, 2.05) is 54.6 Å². The zero-order chi connectivity index (χ0) is 17.9. The van der Waals surface area contributed by atoms with Crippen molar-refractivity contribution in [2.75, 3.05) is 12.4 Å². The molecule has 4 heteroatoms. The molecule has 1 aromatic heterocycles. The van der Waals surface area contributed by atoms with E-state index < -0.39 is 0 Å². The predicted molar refractivity (Wildman–Crippen MR) is 104 cm³/mol. The van der Waals surface area contributed by atoms with E-state index in [0.29, 0.717) is 22.5 Å². The van der Waals surface area contributed by atoms with Gasteiger partial charge in [0.05, 0.1) is 12.5 Å². The van der Waals surface area contributed by atoms with Gasteiger partial charge in [0.2, 0.25) is 0 Å². The molecule has 0 radical (unpaired) electrons. The molecule has 0 aliphatic carbocycles. The lowest BCUT2D eigenvalue weighted by molar-refractivity contribution is 0.415. The predicted octanol–water partition coefficient (Wildman–Crippen LogP) is 5.21. The first-order valence-corrected chi connectivity index (χ1v) is 8.27. The van der Waals surface area contributed by atoms with Crippen molar-refractivity contribution >= 4 is 22.3 Å². The summed E-state index contributed by atoms with van der Waals surface area (Å²) in [5, 5.41) is 3.84. The minimum absolute atomic E-state index is 0.0911. The summed E-state index contributed by atoms with van der Waals surface area (Å²) in [5.74, 6) is 1.17. The largest absolute Gasteiger partial charge is 0.497 e. The number of hydrogen-bond acceptors (Lipinski definition) is 4. The van der Waals surface area contributed by atoms with Gasteiger partial charge in [0, 0.05) is 23.0 Å². The molecule has 4 aromatic rings. The van der Waals surface area contributed by atoms with Crippen LogP contribution in [0.1, 0.15) is 0 Å². The van der Waals surface area contributed by atoms with Gasteiger partial charge in [-0.3, -0.25) is 4.79 Å². The maximum absolute atomic E-state index is 12.4. The Kier molecular flexibility index (Phi) is 4.15. The van der Waals surface area contributed by atoms with Gasteiger partial charge in [-0.25, -0.2) is 0 Å². The molecule has 0 spiro atoms. The molecule has 0 unspecified atom stereocenters. The maximum Gasteiger partial charge on any atom is 0.193 e. The number of nitrogens with one attached hydrogen (secondary N) is 1. The molecule has 0 saturated carbocycles. The van der Waals surface area contributed by atoms with Crippen LogP contribution in [0.5, 0.6) is 5.75 Å². The summed E-state index contributed by atoms with van der Waals surface area (Å²) in [4.78, 5) is 12.4. The Morgan fingerprint density at radius 2 is 1.58 bits per heavy atom. The number of benzene rings is 3. The minimum atomic E-state index is -0.0911. The van der Waals surface area contributed by atoms with Crippen LogP contribution in [0.2, 0.25) is 0 Å². The summed E-state index contributed by atoms with van der Waals surface area (Å²) in [5.41, 5.74) is 3.28. The average molecular weight is 343 g/mol. The smallest absolute Gasteiger partial charge is 0.193 e. The summed E-state index contributed by atoms with van der Waals surface area (Å²) in [7, 11) is 1.57. The Labute approximate surface area is 150 Å². The fraction of sp³-hybridized carbons (Fsp3) is 0.0455. The lowest BCUT2D eigenvalue weighted by atomic mass is 10.1. The highest BCUT2D eigenvalue weighted by atomic mass is 16.5. The van der Waals surface area contributed by atoms with Crippen LogP contribution in [-0.4, -0.2) is 7.11 Å². The number of para-hydroxylation sites is 1. The van der Waals surface area contributed by atoms with Crippen LogP contribution in [0.25, 0.3) is 22.3 Å². The molecule has 1 heterocycles. The molecule has 0 aliphatic heterocycles. The zero-order valence-electron chi connectivity index (χ0n) is 14.2. The van der Waals surface area contributed by atoms with Crippen LogP contribution in [0.4, 0.5) is 11.4 Å². The number of rotatable bonds is 4. The average Bonchev–Trinajstić information content (AvgIpc) is 2.69. The third-order valence-electron chi connectivity index (χ3n) is 4.17. The summed E-state index contributed by atoms with van der Waals surface area (Å²) in [6.45, 7) is 0. The van der Waals surface area contributed by atoms with Crippen LogP contribution in [-0.2, 0) is 0 Å². The number of fused-ring (bicyclic) bond motifs is 1. The summed E-state index contributed by atoms with van der Waals surface area (Å²) < 4.78 is 11.1. The van der Waals surface area contributed by atoms with Crippen LogP contribution in [0.15, 0.2) is 88.1 Å². The molecule has 3 aromatic carbocycles. The zero-order valence-corrected chi connectivity index (χ0v) is 14.2. The summed E-state index contributed by atoms with van der Waals surface area (Å²) >= 11 is 0. The Morgan fingerprint density at radius 3 is 2.31 bits per heavy atom. The third-order valence-corrected chi connectivity index (χ3v) is 4.17. The molecule has 1 N–H and O–H groups in total. The van der Waals surface area contributed by atoms with Gasteiger partial charge < -0.3 is 14.5 Å². The van der Waals surface area contributed by atoms with Crippen molar-refractivity contribution in [3.8, 4) is 17.1 Å². The third kappa shape index (κ3) is 3.17. The summed E-state index contributed by atoms with van der Waals surface area (Å²) in [6.07, 6.45) is 0. The van der Waals surface area contributed by atoms with Gasteiger partial charge in [-0.05, 0) is 54.6 Å². The van der Waals surface area contributed by atoms with Crippen molar-refractivity contribution in [3.05, 3.63) is 89.1 Å². The highest BCUT2D eigenvalue weighted by Crippen LogP contribution is 2.26. The molecule has 0 bridgehead atoms. The van der Waals surface area contributed by atoms with Crippen molar-refractivity contribution in [2.45, 2.75) is 0 Å². The van der Waals surface area contributed by atoms with Crippen molar-refractivity contribution < 1.29 is 9.15 Å². The van der Waals surface area contributed by atoms with E-state index in [4.69, 9.17) is 9.15 Å². The Morgan fingerprint density at radius 1 is 0.846 bits per heavy atom. The molecule has 4 nitrogen and oxygen atoms in total.